The molecule has 0 saturated carbocycles. The van der Waals surface area contributed by atoms with Crippen LogP contribution in [0.25, 0.3) is 0 Å². The van der Waals surface area contributed by atoms with E-state index in [1.54, 1.807) is 14.2 Å². The van der Waals surface area contributed by atoms with Crippen LogP contribution in [0.3, 0.4) is 0 Å². The number of anilines is 1. The maximum atomic E-state index is 13.1. The van der Waals surface area contributed by atoms with Crippen molar-refractivity contribution in [3.05, 3.63) is 70.9 Å². The average Bonchev–Trinajstić information content (AvgIpc) is 2.74. The molecule has 0 fully saturated rings. The number of thiocarbonyl (C=S) groups is 1. The minimum Gasteiger partial charge on any atom is -0.497 e. The third-order valence-corrected chi connectivity index (χ3v) is 5.27. The van der Waals surface area contributed by atoms with Gasteiger partial charge in [0, 0.05) is 18.5 Å². The fourth-order valence-electron chi connectivity index (χ4n) is 3.35. The summed E-state index contributed by atoms with van der Waals surface area (Å²) in [5.41, 5.74) is 4.14. The highest BCUT2D eigenvalue weighted by Crippen LogP contribution is 2.34. The van der Waals surface area contributed by atoms with E-state index >= 15 is 0 Å². The first-order valence-electron chi connectivity index (χ1n) is 9.64. The summed E-state index contributed by atoms with van der Waals surface area (Å²) in [4.78, 5) is 14.9. The Balaban J connectivity index is 2.04. The fourth-order valence-corrected chi connectivity index (χ4v) is 3.71. The van der Waals surface area contributed by atoms with E-state index in [-0.39, 0.29) is 6.61 Å². The number of rotatable bonds is 7. The van der Waals surface area contributed by atoms with E-state index in [0.29, 0.717) is 17.3 Å². The van der Waals surface area contributed by atoms with Gasteiger partial charge in [0.2, 0.25) is 0 Å². The Bertz CT molecular complexity index is 939. The minimum absolute atomic E-state index is 0.180. The quantitative estimate of drug-likeness (QED) is 0.409. The van der Waals surface area contributed by atoms with Crippen LogP contribution in [0.4, 0.5) is 5.69 Å². The number of nitrogens with one attached hydrogen (secondary N) is 1. The lowest BCUT2D eigenvalue weighted by Gasteiger charge is -2.37. The lowest BCUT2D eigenvalue weighted by molar-refractivity contribution is -0.140. The number of benzene rings is 2. The monoisotopic (exact) mass is 426 g/mol. The van der Waals surface area contributed by atoms with Crippen molar-refractivity contribution in [1.82, 2.24) is 5.32 Å². The van der Waals surface area contributed by atoms with Crippen LogP contribution in [0.2, 0.25) is 0 Å². The molecule has 1 N–H and O–H groups in total. The number of ether oxygens (including phenoxy) is 3. The zero-order valence-corrected chi connectivity index (χ0v) is 18.4. The first-order chi connectivity index (χ1) is 14.5. The van der Waals surface area contributed by atoms with Crippen molar-refractivity contribution < 1.29 is 19.0 Å². The zero-order valence-electron chi connectivity index (χ0n) is 17.6. The van der Waals surface area contributed by atoms with E-state index in [9.17, 15) is 4.79 Å². The number of hydrogen-bond acceptors (Lipinski definition) is 5. The summed E-state index contributed by atoms with van der Waals surface area (Å²) in [7, 11) is 3.19. The Morgan fingerprint density at radius 3 is 2.30 bits per heavy atom. The largest absolute Gasteiger partial charge is 0.497 e. The van der Waals surface area contributed by atoms with Crippen molar-refractivity contribution in [2.24, 2.45) is 0 Å². The molecule has 158 valence electrons. The molecule has 0 aromatic heterocycles. The third kappa shape index (κ3) is 4.63. The molecule has 3 rings (SSSR count). The van der Waals surface area contributed by atoms with Crippen LogP contribution in [-0.2, 0) is 14.3 Å². The van der Waals surface area contributed by atoms with Crippen LogP contribution in [0.15, 0.2) is 59.8 Å². The minimum atomic E-state index is -0.400. The number of carbonyl (C=O) groups excluding carboxylic acids is 1. The Morgan fingerprint density at radius 2 is 1.70 bits per heavy atom. The van der Waals surface area contributed by atoms with Crippen LogP contribution < -0.4 is 15.0 Å². The van der Waals surface area contributed by atoms with Crippen molar-refractivity contribution in [3.8, 4) is 5.75 Å². The third-order valence-electron chi connectivity index (χ3n) is 4.97. The second-order valence-corrected chi connectivity index (χ2v) is 7.34. The van der Waals surface area contributed by atoms with Crippen LogP contribution in [0, 0.1) is 6.92 Å². The molecule has 1 unspecified atom stereocenters. The molecule has 0 amide bonds. The molecular weight excluding hydrogens is 400 g/mol. The van der Waals surface area contributed by atoms with Crippen LogP contribution in [0.5, 0.6) is 5.75 Å². The van der Waals surface area contributed by atoms with Crippen LogP contribution in [-0.4, -0.2) is 38.5 Å². The normalized spacial score (nSPS) is 16.3. The van der Waals surface area contributed by atoms with Crippen molar-refractivity contribution in [3.63, 3.8) is 0 Å². The molecule has 30 heavy (non-hydrogen) atoms. The summed E-state index contributed by atoms with van der Waals surface area (Å²) in [6, 6.07) is 15.1. The fraction of sp³-hybridized carbons (Fsp3) is 0.304. The van der Waals surface area contributed by atoms with E-state index in [2.05, 4.69) is 5.32 Å². The first kappa shape index (κ1) is 21.8. The molecule has 1 aliphatic rings. The summed E-state index contributed by atoms with van der Waals surface area (Å²) in [5, 5.41) is 3.83. The summed E-state index contributed by atoms with van der Waals surface area (Å²) in [6.07, 6.45) is 0. The molecule has 1 atom stereocenters. The number of methoxy groups -OCH3 is 2. The lowest BCUT2D eigenvalue weighted by Crippen LogP contribution is -2.48. The standard InChI is InChI=1S/C23H26N2O4S/c1-15-5-7-17(8-6-15)21-20(22(26)29-14-13-27-3)16(2)25(23(30)24-21)18-9-11-19(28-4)12-10-18/h5-12,21H,13-14H2,1-4H3,(H,24,30). The topological polar surface area (TPSA) is 60.0 Å². The van der Waals surface area contributed by atoms with E-state index in [1.807, 2.05) is 67.3 Å². The van der Waals surface area contributed by atoms with Gasteiger partial charge in [0.1, 0.15) is 12.4 Å². The van der Waals surface area contributed by atoms with Gasteiger partial charge < -0.3 is 19.5 Å². The van der Waals surface area contributed by atoms with Gasteiger partial charge in [-0.15, -0.1) is 0 Å². The Labute approximate surface area is 182 Å². The van der Waals surface area contributed by atoms with Crippen molar-refractivity contribution in [2.75, 3.05) is 32.3 Å². The van der Waals surface area contributed by atoms with Crippen molar-refractivity contribution in [1.29, 1.82) is 0 Å². The Kier molecular flexibility index (Phi) is 7.07. The molecule has 6 nitrogen and oxygen atoms in total. The van der Waals surface area contributed by atoms with Gasteiger partial charge >= 0.3 is 5.97 Å². The zero-order chi connectivity index (χ0) is 21.7. The van der Waals surface area contributed by atoms with E-state index < -0.39 is 12.0 Å². The number of aryl methyl sites for hydroxylation is 1. The summed E-state index contributed by atoms with van der Waals surface area (Å²) in [5.74, 6) is 0.344. The molecule has 2 aromatic rings. The highest BCUT2D eigenvalue weighted by Gasteiger charge is 2.35. The smallest absolute Gasteiger partial charge is 0.338 e. The Morgan fingerprint density at radius 1 is 1.03 bits per heavy atom. The average molecular weight is 427 g/mol. The summed E-state index contributed by atoms with van der Waals surface area (Å²) >= 11 is 5.67. The Hall–Kier alpha value is -2.90. The SMILES string of the molecule is COCCOC(=O)C1=C(C)N(c2ccc(OC)cc2)C(=S)NC1c1ccc(C)cc1. The van der Waals surface area contributed by atoms with Gasteiger partial charge in [-0.25, -0.2) is 4.79 Å². The highest BCUT2D eigenvalue weighted by atomic mass is 32.1. The molecule has 0 saturated heterocycles. The van der Waals surface area contributed by atoms with E-state index in [1.165, 1.54) is 0 Å². The van der Waals surface area contributed by atoms with Gasteiger partial charge in [-0.1, -0.05) is 29.8 Å². The van der Waals surface area contributed by atoms with Crippen molar-refractivity contribution in [2.45, 2.75) is 19.9 Å². The van der Waals surface area contributed by atoms with E-state index in [0.717, 1.165) is 28.3 Å². The second kappa shape index (κ2) is 9.73. The molecule has 2 aromatic carbocycles. The number of carbonyl (C=O) groups is 1. The number of allylic oxidation sites excluding steroid dienone is 1. The molecule has 0 bridgehead atoms. The predicted molar refractivity (Wildman–Crippen MR) is 121 cm³/mol. The summed E-state index contributed by atoms with van der Waals surface area (Å²) in [6.45, 7) is 4.42. The maximum Gasteiger partial charge on any atom is 0.338 e. The predicted octanol–water partition coefficient (Wildman–Crippen LogP) is 3.90. The molecule has 7 heteroatoms. The van der Waals surface area contributed by atoms with Crippen LogP contribution in [0.1, 0.15) is 24.1 Å². The number of nitrogens with zero attached hydrogens (tertiary/aromatic N) is 1. The van der Waals surface area contributed by atoms with Gasteiger partial charge in [-0.2, -0.15) is 0 Å². The molecule has 0 spiro atoms. The molecule has 0 aliphatic carbocycles. The van der Waals surface area contributed by atoms with Gasteiger partial charge in [0.15, 0.2) is 5.11 Å². The van der Waals surface area contributed by atoms with Gasteiger partial charge in [-0.3, -0.25) is 4.90 Å². The summed E-state index contributed by atoms with van der Waals surface area (Å²) < 4.78 is 15.7. The number of hydrogen-bond donors (Lipinski definition) is 1. The molecule has 0 radical (unpaired) electrons. The first-order valence-corrected chi connectivity index (χ1v) is 10.0. The second-order valence-electron chi connectivity index (χ2n) is 6.95. The van der Waals surface area contributed by atoms with E-state index in [4.69, 9.17) is 26.4 Å². The van der Waals surface area contributed by atoms with Gasteiger partial charge in [0.25, 0.3) is 0 Å². The maximum absolute atomic E-state index is 13.1. The molecule has 1 aliphatic heterocycles. The van der Waals surface area contributed by atoms with Crippen LogP contribution >= 0.6 is 12.2 Å². The van der Waals surface area contributed by atoms with Gasteiger partial charge in [-0.05, 0) is 55.9 Å². The molecular formula is C23H26N2O4S. The highest BCUT2D eigenvalue weighted by molar-refractivity contribution is 7.80. The molecule has 1 heterocycles. The van der Waals surface area contributed by atoms with Crippen molar-refractivity contribution >= 4 is 29.0 Å². The van der Waals surface area contributed by atoms with Gasteiger partial charge in [0.05, 0.1) is 25.3 Å². The lowest BCUT2D eigenvalue weighted by atomic mass is 9.94. The number of esters is 1.